The molecule has 7 heteroatoms. The van der Waals surface area contributed by atoms with E-state index in [0.29, 0.717) is 57.4 Å². The van der Waals surface area contributed by atoms with E-state index in [1.54, 1.807) is 0 Å². The molecule has 0 radical (unpaired) electrons. The highest BCUT2D eigenvalue weighted by molar-refractivity contribution is 5.79. The monoisotopic (exact) mass is 434 g/mol. The Morgan fingerprint density at radius 1 is 0.677 bits per heavy atom. The molecule has 7 nitrogen and oxygen atoms in total. The minimum atomic E-state index is 0.216. The Morgan fingerprint density at radius 3 is 1.68 bits per heavy atom. The highest BCUT2D eigenvalue weighted by Gasteiger charge is 2.33. The third-order valence-electron chi connectivity index (χ3n) is 7.77. The van der Waals surface area contributed by atoms with Crippen LogP contribution in [-0.4, -0.2) is 109 Å². The van der Waals surface area contributed by atoms with Gasteiger partial charge < -0.3 is 14.5 Å². The van der Waals surface area contributed by atoms with Crippen LogP contribution in [0.15, 0.2) is 0 Å². The van der Waals surface area contributed by atoms with Crippen molar-refractivity contribution >= 4 is 11.8 Å². The minimum Gasteiger partial charge on any atom is -0.378 e. The molecular formula is C24H42N4O3. The quantitative estimate of drug-likeness (QED) is 0.640. The number of hydrogen-bond donors (Lipinski definition) is 0. The van der Waals surface area contributed by atoms with Gasteiger partial charge in [-0.15, -0.1) is 0 Å². The molecule has 0 unspecified atom stereocenters. The second-order valence-electron chi connectivity index (χ2n) is 9.93. The molecule has 2 saturated heterocycles. The van der Waals surface area contributed by atoms with Crippen LogP contribution in [0.4, 0.5) is 0 Å². The Balaban J connectivity index is 1.25. The first-order chi connectivity index (χ1) is 15.2. The van der Waals surface area contributed by atoms with Gasteiger partial charge in [-0.25, -0.2) is 0 Å². The zero-order chi connectivity index (χ0) is 21.5. The van der Waals surface area contributed by atoms with Crippen molar-refractivity contribution in [1.82, 2.24) is 19.6 Å². The first kappa shape index (κ1) is 23.0. The Morgan fingerprint density at radius 2 is 1.16 bits per heavy atom. The van der Waals surface area contributed by atoms with Gasteiger partial charge in [-0.2, -0.15) is 0 Å². The maximum Gasteiger partial charge on any atom is 0.237 e. The summed E-state index contributed by atoms with van der Waals surface area (Å²) in [5.41, 5.74) is 0. The Kier molecular flexibility index (Phi) is 8.62. The first-order valence-electron chi connectivity index (χ1n) is 12.8. The van der Waals surface area contributed by atoms with Crippen LogP contribution in [-0.2, 0) is 14.3 Å². The van der Waals surface area contributed by atoms with Crippen molar-refractivity contribution in [2.24, 2.45) is 0 Å². The van der Waals surface area contributed by atoms with Crippen LogP contribution in [0, 0.1) is 0 Å². The van der Waals surface area contributed by atoms with Gasteiger partial charge in [-0.3, -0.25) is 19.4 Å². The fourth-order valence-electron chi connectivity index (χ4n) is 5.91. The molecule has 4 aliphatic rings. The molecule has 2 saturated carbocycles. The van der Waals surface area contributed by atoms with Crippen molar-refractivity contribution in [3.63, 3.8) is 0 Å². The number of rotatable bonds is 6. The van der Waals surface area contributed by atoms with Gasteiger partial charge in [0.1, 0.15) is 0 Å². The van der Waals surface area contributed by atoms with Gasteiger partial charge >= 0.3 is 0 Å². The molecule has 0 aromatic rings. The van der Waals surface area contributed by atoms with Crippen LogP contribution in [0.3, 0.4) is 0 Å². The maximum absolute atomic E-state index is 13.5. The Bertz CT molecular complexity index is 557. The van der Waals surface area contributed by atoms with Crippen molar-refractivity contribution in [2.45, 2.75) is 76.3 Å². The Labute approximate surface area is 188 Å². The van der Waals surface area contributed by atoms with Crippen molar-refractivity contribution in [3.05, 3.63) is 0 Å². The molecule has 176 valence electrons. The van der Waals surface area contributed by atoms with E-state index in [1.807, 2.05) is 4.90 Å². The molecule has 0 aromatic carbocycles. The fourth-order valence-corrected chi connectivity index (χ4v) is 5.91. The summed E-state index contributed by atoms with van der Waals surface area (Å²) in [4.78, 5) is 34.8. The standard InChI is InChI=1S/C24H42N4O3/c29-23(27-15-17-31-18-16-27)19-25-11-13-26(14-12-25)20-24(30)28(21-7-3-1-4-8-21)22-9-5-2-6-10-22/h21-22H,1-20H2. The van der Waals surface area contributed by atoms with Gasteiger partial charge in [0.15, 0.2) is 0 Å². The molecule has 2 heterocycles. The molecule has 4 rings (SSSR count). The predicted octanol–water partition coefficient (Wildman–Crippen LogP) is 1.96. The van der Waals surface area contributed by atoms with E-state index in [2.05, 4.69) is 14.7 Å². The van der Waals surface area contributed by atoms with E-state index in [1.165, 1.54) is 64.2 Å². The van der Waals surface area contributed by atoms with E-state index < -0.39 is 0 Å². The van der Waals surface area contributed by atoms with Crippen molar-refractivity contribution < 1.29 is 14.3 Å². The lowest BCUT2D eigenvalue weighted by atomic mass is 9.88. The fraction of sp³-hybridized carbons (Fsp3) is 0.917. The molecule has 2 amide bonds. The number of hydrogen-bond acceptors (Lipinski definition) is 5. The SMILES string of the molecule is O=C(CN1CCN(CC(=O)N(C2CCCCC2)C2CCCCC2)CC1)N1CCOCC1. The van der Waals surface area contributed by atoms with Gasteiger partial charge in [0.2, 0.25) is 11.8 Å². The van der Waals surface area contributed by atoms with Gasteiger partial charge in [0.05, 0.1) is 26.3 Å². The largest absolute Gasteiger partial charge is 0.378 e. The lowest BCUT2D eigenvalue weighted by Crippen LogP contribution is -2.55. The number of carbonyl (C=O) groups excluding carboxylic acids is 2. The molecule has 0 N–H and O–H groups in total. The summed E-state index contributed by atoms with van der Waals surface area (Å²) in [6.45, 7) is 7.29. The number of morpholine rings is 1. The summed E-state index contributed by atoms with van der Waals surface area (Å²) in [7, 11) is 0. The van der Waals surface area contributed by atoms with Crippen LogP contribution < -0.4 is 0 Å². The molecule has 2 aliphatic heterocycles. The van der Waals surface area contributed by atoms with Crippen LogP contribution in [0.5, 0.6) is 0 Å². The third-order valence-corrected chi connectivity index (χ3v) is 7.77. The van der Waals surface area contributed by atoms with Crippen LogP contribution in [0.1, 0.15) is 64.2 Å². The molecule has 0 atom stereocenters. The predicted molar refractivity (Wildman–Crippen MR) is 121 cm³/mol. The number of carbonyl (C=O) groups is 2. The summed E-state index contributed by atoms with van der Waals surface area (Å²) in [5, 5.41) is 0. The average molecular weight is 435 g/mol. The molecule has 31 heavy (non-hydrogen) atoms. The van der Waals surface area contributed by atoms with Crippen LogP contribution >= 0.6 is 0 Å². The van der Waals surface area contributed by atoms with E-state index >= 15 is 0 Å². The number of piperazine rings is 1. The van der Waals surface area contributed by atoms with Gasteiger partial charge in [-0.05, 0) is 25.7 Å². The van der Waals surface area contributed by atoms with Gasteiger partial charge in [0, 0.05) is 51.4 Å². The van der Waals surface area contributed by atoms with E-state index in [-0.39, 0.29) is 5.91 Å². The third kappa shape index (κ3) is 6.42. The number of ether oxygens (including phenoxy) is 1. The van der Waals surface area contributed by atoms with E-state index in [4.69, 9.17) is 4.74 Å². The number of amides is 2. The zero-order valence-electron chi connectivity index (χ0n) is 19.3. The second kappa shape index (κ2) is 11.6. The van der Waals surface area contributed by atoms with Gasteiger partial charge in [-0.1, -0.05) is 38.5 Å². The zero-order valence-corrected chi connectivity index (χ0v) is 19.3. The topological polar surface area (TPSA) is 56.3 Å². The van der Waals surface area contributed by atoms with E-state index in [0.717, 1.165) is 26.2 Å². The van der Waals surface area contributed by atoms with Crippen molar-refractivity contribution in [3.8, 4) is 0 Å². The van der Waals surface area contributed by atoms with Crippen molar-refractivity contribution in [1.29, 1.82) is 0 Å². The summed E-state index contributed by atoms with van der Waals surface area (Å²) >= 11 is 0. The molecule has 4 fully saturated rings. The molecule has 0 aromatic heterocycles. The van der Waals surface area contributed by atoms with Gasteiger partial charge in [0.25, 0.3) is 0 Å². The summed E-state index contributed by atoms with van der Waals surface area (Å²) < 4.78 is 5.35. The Hall–Kier alpha value is -1.18. The van der Waals surface area contributed by atoms with Crippen LogP contribution in [0.2, 0.25) is 0 Å². The lowest BCUT2D eigenvalue weighted by Gasteiger charge is -2.43. The van der Waals surface area contributed by atoms with E-state index in [9.17, 15) is 9.59 Å². The summed E-state index contributed by atoms with van der Waals surface area (Å²) in [6.07, 6.45) is 12.5. The first-order valence-corrected chi connectivity index (χ1v) is 12.8. The highest BCUT2D eigenvalue weighted by Crippen LogP contribution is 2.30. The minimum absolute atomic E-state index is 0.216. The molecule has 0 spiro atoms. The summed E-state index contributed by atoms with van der Waals surface area (Å²) in [6, 6.07) is 0.938. The summed E-state index contributed by atoms with van der Waals surface area (Å²) in [5.74, 6) is 0.574. The smallest absolute Gasteiger partial charge is 0.237 e. The van der Waals surface area contributed by atoms with Crippen LogP contribution in [0.25, 0.3) is 0 Å². The molecular weight excluding hydrogens is 392 g/mol. The lowest BCUT2D eigenvalue weighted by molar-refractivity contribution is -0.141. The normalized spacial score (nSPS) is 25.5. The number of nitrogens with zero attached hydrogens (tertiary/aromatic N) is 4. The second-order valence-corrected chi connectivity index (χ2v) is 9.93. The average Bonchev–Trinajstić information content (AvgIpc) is 2.82. The molecule has 2 aliphatic carbocycles. The maximum atomic E-state index is 13.5. The van der Waals surface area contributed by atoms with Crippen molar-refractivity contribution in [2.75, 3.05) is 65.6 Å². The molecule has 0 bridgehead atoms. The highest BCUT2D eigenvalue weighted by atomic mass is 16.5.